The fourth-order valence-electron chi connectivity index (χ4n) is 2.34. The van der Waals surface area contributed by atoms with E-state index in [1.807, 2.05) is 68.6 Å². The normalized spacial score (nSPS) is 11.8. The molecule has 0 aromatic heterocycles. The van der Waals surface area contributed by atoms with Gasteiger partial charge in [-0.2, -0.15) is 0 Å². The second-order valence-corrected chi connectivity index (χ2v) is 6.50. The number of carbonyl (C=O) groups is 1. The third-order valence-electron chi connectivity index (χ3n) is 3.87. The number of aliphatic hydroxyl groups excluding tert-OH is 1. The molecule has 128 valence electrons. The van der Waals surface area contributed by atoms with Crippen LogP contribution in [-0.4, -0.2) is 35.4 Å². The van der Waals surface area contributed by atoms with E-state index in [0.717, 1.165) is 21.7 Å². The summed E-state index contributed by atoms with van der Waals surface area (Å²) in [7, 11) is 0. The Morgan fingerprint density at radius 2 is 1.79 bits per heavy atom. The maximum Gasteiger partial charge on any atom is 0.321 e. The van der Waals surface area contributed by atoms with Gasteiger partial charge in [0.2, 0.25) is 0 Å². The number of urea groups is 1. The smallest absolute Gasteiger partial charge is 0.321 e. The largest absolute Gasteiger partial charge is 0.387 e. The van der Waals surface area contributed by atoms with Crippen molar-refractivity contribution in [3.8, 4) is 0 Å². The molecule has 0 aliphatic rings. The van der Waals surface area contributed by atoms with E-state index < -0.39 is 6.10 Å². The van der Waals surface area contributed by atoms with Crippen molar-refractivity contribution in [3.63, 3.8) is 0 Å². The fourth-order valence-corrected chi connectivity index (χ4v) is 2.74. The van der Waals surface area contributed by atoms with Crippen LogP contribution in [-0.2, 0) is 0 Å². The first-order valence-corrected chi connectivity index (χ1v) is 9.20. The summed E-state index contributed by atoms with van der Waals surface area (Å²) in [6, 6.07) is 15.2. The van der Waals surface area contributed by atoms with Crippen molar-refractivity contribution in [1.82, 2.24) is 4.90 Å². The summed E-state index contributed by atoms with van der Waals surface area (Å²) in [6.45, 7) is 4.69. The second kappa shape index (κ2) is 8.76. The zero-order chi connectivity index (χ0) is 17.5. The molecule has 4 nitrogen and oxygen atoms in total. The SMILES string of the molecule is CCN(CC(O)c1ccc(C)cc1)C(=O)Nc1ccc(SC)cc1. The van der Waals surface area contributed by atoms with Gasteiger partial charge in [0, 0.05) is 17.1 Å². The number of hydrogen-bond donors (Lipinski definition) is 2. The number of hydrogen-bond acceptors (Lipinski definition) is 3. The number of thioether (sulfide) groups is 1. The standard InChI is InChI=1S/C19H24N2O2S/c1-4-21(13-18(22)15-7-5-14(2)6-8-15)19(23)20-16-9-11-17(24-3)12-10-16/h5-12,18,22H,4,13H2,1-3H3,(H,20,23). The van der Waals surface area contributed by atoms with Gasteiger partial charge in [0.25, 0.3) is 0 Å². The lowest BCUT2D eigenvalue weighted by molar-refractivity contribution is 0.128. The lowest BCUT2D eigenvalue weighted by Gasteiger charge is -2.24. The summed E-state index contributed by atoms with van der Waals surface area (Å²) in [4.78, 5) is 15.2. The number of likely N-dealkylation sites (N-methyl/N-ethyl adjacent to an activating group) is 1. The molecule has 0 saturated carbocycles. The van der Waals surface area contributed by atoms with Crippen LogP contribution >= 0.6 is 11.8 Å². The molecular weight excluding hydrogens is 320 g/mol. The first kappa shape index (κ1) is 18.4. The lowest BCUT2D eigenvalue weighted by atomic mass is 10.1. The van der Waals surface area contributed by atoms with Crippen molar-refractivity contribution < 1.29 is 9.90 Å². The molecule has 2 N–H and O–H groups in total. The monoisotopic (exact) mass is 344 g/mol. The van der Waals surface area contributed by atoms with Crippen LogP contribution in [0.3, 0.4) is 0 Å². The topological polar surface area (TPSA) is 52.6 Å². The molecule has 5 heteroatoms. The number of carbonyl (C=O) groups excluding carboxylic acids is 1. The molecule has 24 heavy (non-hydrogen) atoms. The summed E-state index contributed by atoms with van der Waals surface area (Å²) in [6.07, 6.45) is 1.31. The van der Waals surface area contributed by atoms with Crippen molar-refractivity contribution >= 4 is 23.5 Å². The number of nitrogens with one attached hydrogen (secondary N) is 1. The van der Waals surface area contributed by atoms with Crippen molar-refractivity contribution in [2.24, 2.45) is 0 Å². The summed E-state index contributed by atoms with van der Waals surface area (Å²) >= 11 is 1.66. The van der Waals surface area contributed by atoms with Crippen molar-refractivity contribution in [1.29, 1.82) is 0 Å². The second-order valence-electron chi connectivity index (χ2n) is 5.62. The lowest BCUT2D eigenvalue weighted by Crippen LogP contribution is -2.37. The van der Waals surface area contributed by atoms with Gasteiger partial charge in [-0.05, 0) is 49.9 Å². The van der Waals surface area contributed by atoms with Crippen molar-refractivity contribution in [3.05, 3.63) is 59.7 Å². The summed E-state index contributed by atoms with van der Waals surface area (Å²) in [5.41, 5.74) is 2.71. The molecule has 0 heterocycles. The third kappa shape index (κ3) is 5.01. The van der Waals surface area contributed by atoms with E-state index in [2.05, 4.69) is 5.32 Å². The number of aliphatic hydroxyl groups is 1. The van der Waals surface area contributed by atoms with Crippen molar-refractivity contribution in [2.75, 3.05) is 24.7 Å². The molecule has 0 spiro atoms. The number of rotatable bonds is 6. The van der Waals surface area contributed by atoms with E-state index in [9.17, 15) is 9.90 Å². The molecule has 0 bridgehead atoms. The van der Waals surface area contributed by atoms with Gasteiger partial charge in [-0.15, -0.1) is 11.8 Å². The van der Waals surface area contributed by atoms with Crippen LogP contribution in [0.4, 0.5) is 10.5 Å². The molecule has 2 aromatic carbocycles. The minimum absolute atomic E-state index is 0.208. The average molecular weight is 344 g/mol. The van der Waals surface area contributed by atoms with Crippen molar-refractivity contribution in [2.45, 2.75) is 24.8 Å². The zero-order valence-electron chi connectivity index (χ0n) is 14.3. The summed E-state index contributed by atoms with van der Waals surface area (Å²) in [5, 5.41) is 13.2. The first-order valence-electron chi connectivity index (χ1n) is 7.98. The highest BCUT2D eigenvalue weighted by Gasteiger charge is 2.17. The first-order chi connectivity index (χ1) is 11.5. The van der Waals surface area contributed by atoms with Crippen LogP contribution in [0.2, 0.25) is 0 Å². The minimum Gasteiger partial charge on any atom is -0.387 e. The van der Waals surface area contributed by atoms with Crippen LogP contribution in [0.25, 0.3) is 0 Å². The molecule has 1 atom stereocenters. The Morgan fingerprint density at radius 1 is 1.17 bits per heavy atom. The minimum atomic E-state index is -0.699. The Balaban J connectivity index is 1.98. The van der Waals surface area contributed by atoms with E-state index in [0.29, 0.717) is 6.54 Å². The zero-order valence-corrected chi connectivity index (χ0v) is 15.1. The molecular formula is C19H24N2O2S. The Labute approximate surface area is 147 Å². The maximum absolute atomic E-state index is 12.4. The molecule has 0 radical (unpaired) electrons. The van der Waals surface area contributed by atoms with Gasteiger partial charge in [0.05, 0.1) is 12.6 Å². The maximum atomic E-state index is 12.4. The molecule has 0 saturated heterocycles. The third-order valence-corrected chi connectivity index (χ3v) is 4.61. The Kier molecular flexibility index (Phi) is 6.70. The van der Waals surface area contributed by atoms with Crippen LogP contribution in [0.5, 0.6) is 0 Å². The predicted octanol–water partition coefficient (Wildman–Crippen LogP) is 4.30. The quantitative estimate of drug-likeness (QED) is 0.768. The van der Waals surface area contributed by atoms with Crippen LogP contribution < -0.4 is 5.32 Å². The highest BCUT2D eigenvalue weighted by atomic mass is 32.2. The van der Waals surface area contributed by atoms with Crippen LogP contribution in [0.15, 0.2) is 53.4 Å². The molecule has 2 aromatic rings. The number of nitrogens with zero attached hydrogens (tertiary/aromatic N) is 1. The van der Waals surface area contributed by atoms with Gasteiger partial charge in [0.15, 0.2) is 0 Å². The molecule has 0 aliphatic heterocycles. The summed E-state index contributed by atoms with van der Waals surface area (Å²) in [5.74, 6) is 0. The molecule has 1 unspecified atom stereocenters. The molecule has 2 amide bonds. The predicted molar refractivity (Wildman–Crippen MR) is 101 cm³/mol. The van der Waals surface area contributed by atoms with E-state index in [4.69, 9.17) is 0 Å². The Hall–Kier alpha value is -1.98. The molecule has 0 fully saturated rings. The Morgan fingerprint density at radius 3 is 2.33 bits per heavy atom. The van der Waals surface area contributed by atoms with Gasteiger partial charge < -0.3 is 15.3 Å². The van der Waals surface area contributed by atoms with Gasteiger partial charge in [-0.1, -0.05) is 29.8 Å². The van der Waals surface area contributed by atoms with E-state index in [1.54, 1.807) is 16.7 Å². The van der Waals surface area contributed by atoms with E-state index in [-0.39, 0.29) is 12.6 Å². The number of amides is 2. The van der Waals surface area contributed by atoms with E-state index in [1.165, 1.54) is 0 Å². The van der Waals surface area contributed by atoms with Gasteiger partial charge >= 0.3 is 6.03 Å². The van der Waals surface area contributed by atoms with Gasteiger partial charge in [-0.3, -0.25) is 0 Å². The van der Waals surface area contributed by atoms with Gasteiger partial charge in [-0.25, -0.2) is 4.79 Å². The Bertz CT molecular complexity index is 656. The fraction of sp³-hybridized carbons (Fsp3) is 0.316. The van der Waals surface area contributed by atoms with Crippen LogP contribution in [0.1, 0.15) is 24.2 Å². The highest BCUT2D eigenvalue weighted by Crippen LogP contribution is 2.19. The average Bonchev–Trinajstić information content (AvgIpc) is 2.60. The molecule has 2 rings (SSSR count). The number of benzene rings is 2. The van der Waals surface area contributed by atoms with E-state index >= 15 is 0 Å². The molecule has 0 aliphatic carbocycles. The number of anilines is 1. The highest BCUT2D eigenvalue weighted by molar-refractivity contribution is 7.98. The summed E-state index contributed by atoms with van der Waals surface area (Å²) < 4.78 is 0. The van der Waals surface area contributed by atoms with Crippen LogP contribution in [0, 0.1) is 6.92 Å². The number of aryl methyl sites for hydroxylation is 1. The van der Waals surface area contributed by atoms with Gasteiger partial charge in [0.1, 0.15) is 0 Å².